The highest BCUT2D eigenvalue weighted by molar-refractivity contribution is 5.79. The van der Waals surface area contributed by atoms with Gasteiger partial charge in [0.05, 0.1) is 27.9 Å². The van der Waals surface area contributed by atoms with Crippen LogP contribution in [-0.4, -0.2) is 53.5 Å². The van der Waals surface area contributed by atoms with Crippen LogP contribution in [-0.2, 0) is 6.54 Å². The molecule has 1 atom stereocenters. The van der Waals surface area contributed by atoms with Crippen LogP contribution in [0.4, 0.5) is 5.69 Å². The molecule has 2 aromatic carbocycles. The number of methoxy groups -OCH3 is 3. The summed E-state index contributed by atoms with van der Waals surface area (Å²) in [7, 11) is 4.85. The van der Waals surface area contributed by atoms with Crippen LogP contribution in [0, 0.1) is 5.92 Å². The van der Waals surface area contributed by atoms with Gasteiger partial charge in [-0.25, -0.2) is 4.99 Å². The Morgan fingerprint density at radius 2 is 1.74 bits per heavy atom. The van der Waals surface area contributed by atoms with E-state index in [1.54, 1.807) is 21.3 Å². The first kappa shape index (κ1) is 22.6. The third kappa shape index (κ3) is 5.96. The molecule has 1 saturated heterocycles. The Bertz CT molecular complexity index is 832. The molecule has 168 valence electrons. The zero-order valence-electron chi connectivity index (χ0n) is 19.0. The predicted molar refractivity (Wildman–Crippen MR) is 126 cm³/mol. The van der Waals surface area contributed by atoms with E-state index in [-0.39, 0.29) is 0 Å². The monoisotopic (exact) mass is 426 g/mol. The zero-order chi connectivity index (χ0) is 22.1. The number of para-hydroxylation sites is 1. The number of hydrogen-bond donors (Lipinski definition) is 2. The molecule has 7 nitrogen and oxygen atoms in total. The molecule has 0 bridgehead atoms. The van der Waals surface area contributed by atoms with E-state index in [9.17, 15) is 0 Å². The second kappa shape index (κ2) is 11.3. The summed E-state index contributed by atoms with van der Waals surface area (Å²) in [6.45, 7) is 6.43. The largest absolute Gasteiger partial charge is 0.493 e. The van der Waals surface area contributed by atoms with E-state index in [1.165, 1.54) is 12.1 Å². The number of hydrogen-bond acceptors (Lipinski definition) is 5. The van der Waals surface area contributed by atoms with Gasteiger partial charge in [-0.3, -0.25) is 0 Å². The highest BCUT2D eigenvalue weighted by Gasteiger charge is 2.22. The fourth-order valence-electron chi connectivity index (χ4n) is 3.85. The molecule has 7 heteroatoms. The Labute approximate surface area is 185 Å². The quantitative estimate of drug-likeness (QED) is 0.474. The summed E-state index contributed by atoms with van der Waals surface area (Å²) in [5.74, 6) is 3.26. The van der Waals surface area contributed by atoms with E-state index in [0.717, 1.165) is 37.7 Å². The maximum atomic E-state index is 5.45. The Kier molecular flexibility index (Phi) is 8.27. The number of anilines is 1. The van der Waals surface area contributed by atoms with Crippen LogP contribution in [0.1, 0.15) is 18.9 Å². The number of nitrogens with zero attached hydrogens (tertiary/aromatic N) is 2. The van der Waals surface area contributed by atoms with E-state index < -0.39 is 0 Å². The Hall–Kier alpha value is -3.09. The Morgan fingerprint density at radius 3 is 2.35 bits per heavy atom. The van der Waals surface area contributed by atoms with Gasteiger partial charge in [0.2, 0.25) is 5.75 Å². The van der Waals surface area contributed by atoms with Gasteiger partial charge in [0, 0.05) is 31.9 Å². The van der Waals surface area contributed by atoms with Crippen molar-refractivity contribution in [2.24, 2.45) is 10.9 Å². The maximum absolute atomic E-state index is 5.45. The molecular weight excluding hydrogens is 392 g/mol. The molecule has 0 spiro atoms. The van der Waals surface area contributed by atoms with Crippen LogP contribution >= 0.6 is 0 Å². The van der Waals surface area contributed by atoms with Crippen molar-refractivity contribution >= 4 is 11.6 Å². The van der Waals surface area contributed by atoms with Crippen molar-refractivity contribution in [3.8, 4) is 17.2 Å². The van der Waals surface area contributed by atoms with Gasteiger partial charge in [0.15, 0.2) is 17.5 Å². The molecule has 1 unspecified atom stereocenters. The number of benzene rings is 2. The molecule has 1 fully saturated rings. The molecular formula is C24H34N4O3. The zero-order valence-corrected chi connectivity index (χ0v) is 19.0. The van der Waals surface area contributed by atoms with Crippen molar-refractivity contribution in [2.45, 2.75) is 19.9 Å². The van der Waals surface area contributed by atoms with Crippen LogP contribution in [0.5, 0.6) is 17.2 Å². The summed E-state index contributed by atoms with van der Waals surface area (Å²) >= 11 is 0. The summed E-state index contributed by atoms with van der Waals surface area (Å²) in [4.78, 5) is 7.21. The van der Waals surface area contributed by atoms with E-state index in [0.29, 0.717) is 29.7 Å². The predicted octanol–water partition coefficient (Wildman–Crippen LogP) is 3.29. The molecule has 1 aliphatic heterocycles. The minimum absolute atomic E-state index is 0.507. The molecule has 0 amide bonds. The third-order valence-electron chi connectivity index (χ3n) is 5.45. The first-order chi connectivity index (χ1) is 15.2. The highest BCUT2D eigenvalue weighted by atomic mass is 16.5. The van der Waals surface area contributed by atoms with Gasteiger partial charge in [0.25, 0.3) is 0 Å². The third-order valence-corrected chi connectivity index (χ3v) is 5.45. The fraction of sp³-hybridized carbons (Fsp3) is 0.458. The number of ether oxygens (including phenoxy) is 3. The second-order valence-electron chi connectivity index (χ2n) is 7.55. The van der Waals surface area contributed by atoms with E-state index in [2.05, 4.69) is 52.8 Å². The summed E-state index contributed by atoms with van der Waals surface area (Å²) in [6.07, 6.45) is 1.17. The molecule has 0 aliphatic carbocycles. The van der Waals surface area contributed by atoms with Crippen LogP contribution < -0.4 is 29.7 Å². The van der Waals surface area contributed by atoms with Gasteiger partial charge in [-0.05, 0) is 49.1 Å². The molecule has 2 N–H and O–H groups in total. The lowest BCUT2D eigenvalue weighted by molar-refractivity contribution is 0.324. The van der Waals surface area contributed by atoms with E-state index in [4.69, 9.17) is 19.2 Å². The van der Waals surface area contributed by atoms with E-state index in [1.807, 2.05) is 12.1 Å². The lowest BCUT2D eigenvalue weighted by Gasteiger charge is -2.19. The Balaban J connectivity index is 1.61. The van der Waals surface area contributed by atoms with Crippen molar-refractivity contribution in [1.29, 1.82) is 0 Å². The molecule has 1 aliphatic rings. The Morgan fingerprint density at radius 1 is 1.03 bits per heavy atom. The van der Waals surface area contributed by atoms with Gasteiger partial charge >= 0.3 is 0 Å². The number of rotatable bonds is 9. The fourth-order valence-corrected chi connectivity index (χ4v) is 3.85. The van der Waals surface area contributed by atoms with Crippen molar-refractivity contribution in [3.63, 3.8) is 0 Å². The van der Waals surface area contributed by atoms with Crippen molar-refractivity contribution in [3.05, 3.63) is 48.0 Å². The number of aliphatic imine (C=N–C) groups is 1. The average Bonchev–Trinajstić information content (AvgIpc) is 3.29. The number of guanidine groups is 1. The molecule has 3 rings (SSSR count). The van der Waals surface area contributed by atoms with Gasteiger partial charge in [0.1, 0.15) is 0 Å². The molecule has 0 radical (unpaired) electrons. The van der Waals surface area contributed by atoms with Gasteiger partial charge in [-0.2, -0.15) is 0 Å². The van der Waals surface area contributed by atoms with Crippen LogP contribution in [0.2, 0.25) is 0 Å². The summed E-state index contributed by atoms with van der Waals surface area (Å²) in [5, 5.41) is 6.85. The molecule has 0 aromatic heterocycles. The minimum Gasteiger partial charge on any atom is -0.493 e. The van der Waals surface area contributed by atoms with Crippen molar-refractivity contribution in [1.82, 2.24) is 10.6 Å². The smallest absolute Gasteiger partial charge is 0.203 e. The minimum atomic E-state index is 0.507. The molecule has 2 aromatic rings. The average molecular weight is 427 g/mol. The summed E-state index contributed by atoms with van der Waals surface area (Å²) < 4.78 is 16.3. The molecule has 0 saturated carbocycles. The maximum Gasteiger partial charge on any atom is 0.203 e. The molecule has 1 heterocycles. The number of nitrogens with one attached hydrogen (secondary N) is 2. The summed E-state index contributed by atoms with van der Waals surface area (Å²) in [6, 6.07) is 14.5. The van der Waals surface area contributed by atoms with Gasteiger partial charge < -0.3 is 29.7 Å². The SMILES string of the molecule is CCNC(=NCc1cc(OC)c(OC)c(OC)c1)NCC1CCN(c2ccccc2)C1. The van der Waals surface area contributed by atoms with Crippen molar-refractivity contribution in [2.75, 3.05) is 52.4 Å². The van der Waals surface area contributed by atoms with Crippen LogP contribution in [0.3, 0.4) is 0 Å². The van der Waals surface area contributed by atoms with E-state index >= 15 is 0 Å². The van der Waals surface area contributed by atoms with Crippen molar-refractivity contribution < 1.29 is 14.2 Å². The standard InChI is InChI=1S/C24H34N4O3/c1-5-25-24(26-15-18-11-12-28(17-18)20-9-7-6-8-10-20)27-16-19-13-21(29-2)23(31-4)22(14-19)30-3/h6-10,13-14,18H,5,11-12,15-17H2,1-4H3,(H2,25,26,27). The normalized spacial score (nSPS) is 16.2. The second-order valence-corrected chi connectivity index (χ2v) is 7.55. The first-order valence-electron chi connectivity index (χ1n) is 10.8. The van der Waals surface area contributed by atoms with Crippen LogP contribution in [0.25, 0.3) is 0 Å². The topological polar surface area (TPSA) is 67.4 Å². The van der Waals surface area contributed by atoms with Gasteiger partial charge in [-0.1, -0.05) is 18.2 Å². The summed E-state index contributed by atoms with van der Waals surface area (Å²) in [5.41, 5.74) is 2.29. The highest BCUT2D eigenvalue weighted by Crippen LogP contribution is 2.38. The van der Waals surface area contributed by atoms with Gasteiger partial charge in [-0.15, -0.1) is 0 Å². The van der Waals surface area contributed by atoms with Crippen LogP contribution in [0.15, 0.2) is 47.5 Å². The lowest BCUT2D eigenvalue weighted by atomic mass is 10.1. The first-order valence-corrected chi connectivity index (χ1v) is 10.8. The molecule has 31 heavy (non-hydrogen) atoms. The lowest BCUT2D eigenvalue weighted by Crippen LogP contribution is -2.40.